The molecule has 21 heavy (non-hydrogen) atoms. The molecule has 2 rings (SSSR count). The summed E-state index contributed by atoms with van der Waals surface area (Å²) >= 11 is 1.15. The molecule has 0 spiro atoms. The fraction of sp³-hybridized carbons (Fsp3) is 0.267. The molecule has 108 valence electrons. The lowest BCUT2D eigenvalue weighted by Crippen LogP contribution is -2.07. The first-order valence-electron chi connectivity index (χ1n) is 6.36. The predicted octanol–water partition coefficient (Wildman–Crippen LogP) is 2.78. The van der Waals surface area contributed by atoms with Crippen LogP contribution in [0.3, 0.4) is 0 Å². The van der Waals surface area contributed by atoms with Gasteiger partial charge in [0, 0.05) is 6.42 Å². The Hall–Kier alpha value is -2.39. The summed E-state index contributed by atoms with van der Waals surface area (Å²) in [5.74, 6) is 5.81. The van der Waals surface area contributed by atoms with Gasteiger partial charge in [0.05, 0.1) is 12.0 Å². The van der Waals surface area contributed by atoms with Crippen molar-refractivity contribution in [3.63, 3.8) is 0 Å². The van der Waals surface area contributed by atoms with Gasteiger partial charge in [0.1, 0.15) is 5.75 Å². The Balaban J connectivity index is 2.15. The largest absolute Gasteiger partial charge is 0.497 e. The van der Waals surface area contributed by atoms with Gasteiger partial charge in [0.15, 0.2) is 12.3 Å². The van der Waals surface area contributed by atoms with E-state index in [-0.39, 0.29) is 12.3 Å². The van der Waals surface area contributed by atoms with Crippen molar-refractivity contribution in [3.8, 4) is 28.0 Å². The molecule has 0 N–H and O–H groups in total. The van der Waals surface area contributed by atoms with Crippen LogP contribution in [0.5, 0.6) is 5.75 Å². The number of benzene rings is 1. The number of aromatic nitrogens is 2. The molecule has 1 heterocycles. The quantitative estimate of drug-likeness (QED) is 0.642. The van der Waals surface area contributed by atoms with Gasteiger partial charge in [0.2, 0.25) is 0 Å². The topological polar surface area (TPSA) is 61.3 Å². The lowest BCUT2D eigenvalue weighted by atomic mass is 10.1. The lowest BCUT2D eigenvalue weighted by molar-refractivity contribution is 0.0550. The van der Waals surface area contributed by atoms with Gasteiger partial charge in [-0.25, -0.2) is 4.79 Å². The predicted molar refractivity (Wildman–Crippen MR) is 80.2 cm³/mol. The summed E-state index contributed by atoms with van der Waals surface area (Å²) in [6.07, 6.45) is 0.729. The Morgan fingerprint density at radius 2 is 2.05 bits per heavy atom. The normalized spacial score (nSPS) is 9.62. The van der Waals surface area contributed by atoms with Gasteiger partial charge in [-0.2, -0.15) is 0 Å². The first-order valence-corrected chi connectivity index (χ1v) is 7.13. The van der Waals surface area contributed by atoms with Crippen molar-refractivity contribution in [1.82, 2.24) is 9.59 Å². The standard InChI is InChI=1S/C15H14N2O3S/c1-3-4-5-10-20-15(18)13-14(21-17-16-13)11-6-8-12(19-2)9-7-11/h6-9H,3,10H2,1-2H3. The monoisotopic (exact) mass is 302 g/mol. The number of carbonyl (C=O) groups is 1. The molecule has 0 unspecified atom stereocenters. The zero-order chi connectivity index (χ0) is 15.1. The lowest BCUT2D eigenvalue weighted by Gasteiger charge is -2.03. The smallest absolute Gasteiger partial charge is 0.361 e. The van der Waals surface area contributed by atoms with Crippen LogP contribution in [0.4, 0.5) is 0 Å². The van der Waals surface area contributed by atoms with Gasteiger partial charge < -0.3 is 9.47 Å². The van der Waals surface area contributed by atoms with Crippen LogP contribution in [0.2, 0.25) is 0 Å². The molecule has 0 bridgehead atoms. The number of ether oxygens (including phenoxy) is 2. The molecule has 6 heteroatoms. The average molecular weight is 302 g/mol. The number of hydrogen-bond donors (Lipinski definition) is 0. The number of carbonyl (C=O) groups excluding carboxylic acids is 1. The SMILES string of the molecule is CCC#CCOC(=O)c1nnsc1-c1ccc(OC)cc1. The van der Waals surface area contributed by atoms with E-state index >= 15 is 0 Å². The van der Waals surface area contributed by atoms with Crippen molar-refractivity contribution in [3.05, 3.63) is 30.0 Å². The maximum Gasteiger partial charge on any atom is 0.361 e. The summed E-state index contributed by atoms with van der Waals surface area (Å²) in [5, 5.41) is 3.85. The van der Waals surface area contributed by atoms with Crippen molar-refractivity contribution >= 4 is 17.5 Å². The van der Waals surface area contributed by atoms with Gasteiger partial charge in [-0.3, -0.25) is 0 Å². The van der Waals surface area contributed by atoms with Gasteiger partial charge in [0.25, 0.3) is 0 Å². The first-order chi connectivity index (χ1) is 10.3. The Morgan fingerprint density at radius 1 is 1.29 bits per heavy atom. The van der Waals surface area contributed by atoms with E-state index < -0.39 is 5.97 Å². The van der Waals surface area contributed by atoms with E-state index in [9.17, 15) is 4.79 Å². The maximum atomic E-state index is 12.0. The molecule has 2 aromatic rings. The second kappa shape index (κ2) is 7.41. The summed E-state index contributed by atoms with van der Waals surface area (Å²) in [6.45, 7) is 1.99. The van der Waals surface area contributed by atoms with Crippen LogP contribution in [0, 0.1) is 11.8 Å². The molecule has 0 fully saturated rings. The van der Waals surface area contributed by atoms with Crippen LogP contribution in [0.25, 0.3) is 10.4 Å². The average Bonchev–Trinajstić information content (AvgIpc) is 3.01. The second-order valence-electron chi connectivity index (χ2n) is 3.96. The van der Waals surface area contributed by atoms with Crippen LogP contribution < -0.4 is 4.74 Å². The highest BCUT2D eigenvalue weighted by molar-refractivity contribution is 7.09. The molecule has 0 aliphatic carbocycles. The van der Waals surface area contributed by atoms with E-state index in [2.05, 4.69) is 21.4 Å². The second-order valence-corrected chi connectivity index (χ2v) is 4.72. The number of esters is 1. The minimum absolute atomic E-state index is 0.0618. The Labute approximate surface area is 127 Å². The summed E-state index contributed by atoms with van der Waals surface area (Å²) in [6, 6.07) is 7.33. The van der Waals surface area contributed by atoms with E-state index in [1.54, 1.807) is 7.11 Å². The van der Waals surface area contributed by atoms with Crippen LogP contribution in [-0.2, 0) is 4.74 Å². The van der Waals surface area contributed by atoms with Crippen LogP contribution in [0.1, 0.15) is 23.8 Å². The van der Waals surface area contributed by atoms with Crippen molar-refractivity contribution in [2.45, 2.75) is 13.3 Å². The van der Waals surface area contributed by atoms with Gasteiger partial charge >= 0.3 is 5.97 Å². The number of methoxy groups -OCH3 is 1. The van der Waals surface area contributed by atoms with Gasteiger partial charge in [-0.15, -0.1) is 11.0 Å². The first kappa shape index (κ1) is 15.0. The van der Waals surface area contributed by atoms with Crippen molar-refractivity contribution in [2.75, 3.05) is 13.7 Å². The summed E-state index contributed by atoms with van der Waals surface area (Å²) < 4.78 is 14.0. The Bertz CT molecular complexity index is 668. The Morgan fingerprint density at radius 3 is 2.71 bits per heavy atom. The number of hydrogen-bond acceptors (Lipinski definition) is 6. The van der Waals surface area contributed by atoms with E-state index in [1.165, 1.54) is 0 Å². The van der Waals surface area contributed by atoms with Crippen LogP contribution >= 0.6 is 11.5 Å². The highest BCUT2D eigenvalue weighted by atomic mass is 32.1. The fourth-order valence-electron chi connectivity index (χ4n) is 1.60. The maximum absolute atomic E-state index is 12.0. The van der Waals surface area contributed by atoms with Crippen LogP contribution in [0.15, 0.2) is 24.3 Å². The molecule has 1 aromatic carbocycles. The van der Waals surface area contributed by atoms with Crippen molar-refractivity contribution < 1.29 is 14.3 Å². The summed E-state index contributed by atoms with van der Waals surface area (Å²) in [7, 11) is 1.60. The Kier molecular flexibility index (Phi) is 5.29. The molecule has 5 nitrogen and oxygen atoms in total. The molecule has 0 atom stereocenters. The molecule has 0 amide bonds. The molecule has 0 saturated heterocycles. The highest BCUT2D eigenvalue weighted by Crippen LogP contribution is 2.28. The van der Waals surface area contributed by atoms with E-state index in [1.807, 2.05) is 31.2 Å². The molecule has 0 saturated carbocycles. The molecule has 0 radical (unpaired) electrons. The number of rotatable bonds is 4. The fourth-order valence-corrected chi connectivity index (χ4v) is 2.26. The zero-order valence-corrected chi connectivity index (χ0v) is 12.6. The van der Waals surface area contributed by atoms with E-state index in [0.29, 0.717) is 4.88 Å². The van der Waals surface area contributed by atoms with Gasteiger partial charge in [-0.05, 0) is 41.4 Å². The minimum atomic E-state index is -0.514. The molecular formula is C15H14N2O3S. The molecule has 1 aromatic heterocycles. The third-order valence-electron chi connectivity index (χ3n) is 2.61. The van der Waals surface area contributed by atoms with Crippen LogP contribution in [-0.4, -0.2) is 29.3 Å². The van der Waals surface area contributed by atoms with Gasteiger partial charge in [-0.1, -0.05) is 17.3 Å². The third-order valence-corrected chi connectivity index (χ3v) is 3.39. The molecular weight excluding hydrogens is 288 g/mol. The number of nitrogens with zero attached hydrogens (tertiary/aromatic N) is 2. The third kappa shape index (κ3) is 3.80. The van der Waals surface area contributed by atoms with E-state index in [4.69, 9.17) is 9.47 Å². The van der Waals surface area contributed by atoms with E-state index in [0.717, 1.165) is 29.3 Å². The molecule has 0 aliphatic rings. The zero-order valence-electron chi connectivity index (χ0n) is 11.8. The minimum Gasteiger partial charge on any atom is -0.497 e. The van der Waals surface area contributed by atoms with Crippen molar-refractivity contribution in [2.24, 2.45) is 0 Å². The molecule has 0 aliphatic heterocycles. The highest BCUT2D eigenvalue weighted by Gasteiger charge is 2.19. The summed E-state index contributed by atoms with van der Waals surface area (Å²) in [5.41, 5.74) is 1.06. The van der Waals surface area contributed by atoms with Crippen molar-refractivity contribution in [1.29, 1.82) is 0 Å². The summed E-state index contributed by atoms with van der Waals surface area (Å²) in [4.78, 5) is 12.6.